The van der Waals surface area contributed by atoms with E-state index in [4.69, 9.17) is 26.8 Å². The van der Waals surface area contributed by atoms with Crippen LogP contribution in [0, 0.1) is 5.82 Å². The van der Waals surface area contributed by atoms with Crippen LogP contribution in [0.5, 0.6) is 5.75 Å². The number of primary amides is 1. The van der Waals surface area contributed by atoms with Crippen LogP contribution in [-0.4, -0.2) is 30.8 Å². The van der Waals surface area contributed by atoms with Crippen molar-refractivity contribution in [2.24, 2.45) is 5.73 Å². The highest BCUT2D eigenvalue weighted by Crippen LogP contribution is 2.22. The van der Waals surface area contributed by atoms with Crippen LogP contribution in [0.2, 0.25) is 5.02 Å². The molecule has 6 nitrogen and oxygen atoms in total. The van der Waals surface area contributed by atoms with Crippen molar-refractivity contribution in [1.29, 1.82) is 0 Å². The molecule has 0 aliphatic heterocycles. The molecule has 1 aromatic carbocycles. The molecule has 0 heterocycles. The highest BCUT2D eigenvalue weighted by atomic mass is 35.5. The zero-order valence-electron chi connectivity index (χ0n) is 11.7. The van der Waals surface area contributed by atoms with Crippen molar-refractivity contribution >= 4 is 23.6 Å². The van der Waals surface area contributed by atoms with Crippen molar-refractivity contribution in [1.82, 2.24) is 5.32 Å². The SMILES string of the molecule is NC(=O)O[C@H]1CC[C@H](NC(=O)COc2ccc(Cl)c(F)c2)C1. The Morgan fingerprint density at radius 2 is 2.18 bits per heavy atom. The average molecular weight is 331 g/mol. The number of nitrogens with one attached hydrogen (secondary N) is 1. The average Bonchev–Trinajstić information content (AvgIpc) is 2.86. The van der Waals surface area contributed by atoms with E-state index < -0.39 is 11.9 Å². The number of halogens is 2. The maximum atomic E-state index is 13.2. The molecule has 2 rings (SSSR count). The standard InChI is InChI=1S/C14H16ClFN2O4/c15-11-4-3-9(6-12(11)16)21-7-13(19)18-8-1-2-10(5-8)22-14(17)20/h3-4,6,8,10H,1-2,5,7H2,(H2,17,20)(H,18,19)/t8-,10-/m0/s1. The van der Waals surface area contributed by atoms with Crippen molar-refractivity contribution in [3.63, 3.8) is 0 Å². The maximum absolute atomic E-state index is 13.2. The quantitative estimate of drug-likeness (QED) is 0.863. The molecule has 1 saturated carbocycles. The minimum Gasteiger partial charge on any atom is -0.484 e. The fourth-order valence-electron chi connectivity index (χ4n) is 2.33. The summed E-state index contributed by atoms with van der Waals surface area (Å²) in [6, 6.07) is 3.85. The summed E-state index contributed by atoms with van der Waals surface area (Å²) in [4.78, 5) is 22.4. The third-order valence-electron chi connectivity index (χ3n) is 3.29. The molecule has 0 unspecified atom stereocenters. The van der Waals surface area contributed by atoms with E-state index >= 15 is 0 Å². The normalized spacial score (nSPS) is 20.5. The predicted molar refractivity (Wildman–Crippen MR) is 77.1 cm³/mol. The Kier molecular flexibility index (Phi) is 5.43. The molecular formula is C14H16ClFN2O4. The molecule has 1 aliphatic carbocycles. The summed E-state index contributed by atoms with van der Waals surface area (Å²) in [7, 11) is 0. The van der Waals surface area contributed by atoms with Crippen molar-refractivity contribution in [2.75, 3.05) is 6.61 Å². The van der Waals surface area contributed by atoms with E-state index in [-0.39, 0.29) is 35.4 Å². The van der Waals surface area contributed by atoms with Gasteiger partial charge in [0.2, 0.25) is 0 Å². The highest BCUT2D eigenvalue weighted by molar-refractivity contribution is 6.30. The number of ether oxygens (including phenoxy) is 2. The fraction of sp³-hybridized carbons (Fsp3) is 0.429. The Labute approximate surface area is 131 Å². The van der Waals surface area contributed by atoms with E-state index in [9.17, 15) is 14.0 Å². The van der Waals surface area contributed by atoms with E-state index in [0.717, 1.165) is 6.07 Å². The number of carbonyl (C=O) groups excluding carboxylic acids is 2. The third kappa shape index (κ3) is 4.77. The van der Waals surface area contributed by atoms with Gasteiger partial charge in [0.15, 0.2) is 6.61 Å². The molecule has 0 radical (unpaired) electrons. The molecule has 2 amide bonds. The smallest absolute Gasteiger partial charge is 0.404 e. The van der Waals surface area contributed by atoms with Gasteiger partial charge in [0.1, 0.15) is 17.7 Å². The summed E-state index contributed by atoms with van der Waals surface area (Å²) in [6.45, 7) is -0.237. The molecule has 0 saturated heterocycles. The van der Waals surface area contributed by atoms with Crippen molar-refractivity contribution in [2.45, 2.75) is 31.4 Å². The van der Waals surface area contributed by atoms with Gasteiger partial charge < -0.3 is 20.5 Å². The van der Waals surface area contributed by atoms with Gasteiger partial charge in [-0.15, -0.1) is 0 Å². The zero-order valence-corrected chi connectivity index (χ0v) is 12.4. The fourth-order valence-corrected chi connectivity index (χ4v) is 2.44. The Hall–Kier alpha value is -2.02. The second kappa shape index (κ2) is 7.31. The third-order valence-corrected chi connectivity index (χ3v) is 3.60. The molecule has 120 valence electrons. The lowest BCUT2D eigenvalue weighted by Gasteiger charge is -2.14. The van der Waals surface area contributed by atoms with E-state index in [0.29, 0.717) is 19.3 Å². The summed E-state index contributed by atoms with van der Waals surface area (Å²) >= 11 is 5.55. The van der Waals surface area contributed by atoms with Gasteiger partial charge in [-0.25, -0.2) is 9.18 Å². The van der Waals surface area contributed by atoms with Crippen LogP contribution in [-0.2, 0) is 9.53 Å². The number of hydrogen-bond acceptors (Lipinski definition) is 4. The highest BCUT2D eigenvalue weighted by Gasteiger charge is 2.28. The lowest BCUT2D eigenvalue weighted by atomic mass is 10.2. The largest absolute Gasteiger partial charge is 0.484 e. The molecule has 0 spiro atoms. The van der Waals surface area contributed by atoms with Gasteiger partial charge in [-0.3, -0.25) is 4.79 Å². The first kappa shape index (κ1) is 16.4. The van der Waals surface area contributed by atoms with Crippen LogP contribution in [0.4, 0.5) is 9.18 Å². The molecular weight excluding hydrogens is 315 g/mol. The number of amides is 2. The van der Waals surface area contributed by atoms with E-state index in [2.05, 4.69) is 5.32 Å². The molecule has 1 fully saturated rings. The minimum atomic E-state index is -0.815. The van der Waals surface area contributed by atoms with E-state index in [1.54, 1.807) is 0 Å². The van der Waals surface area contributed by atoms with Crippen molar-refractivity contribution < 1.29 is 23.5 Å². The summed E-state index contributed by atoms with van der Waals surface area (Å²) in [5.74, 6) is -0.722. The van der Waals surface area contributed by atoms with Gasteiger partial charge in [-0.1, -0.05) is 11.6 Å². The maximum Gasteiger partial charge on any atom is 0.404 e. The summed E-state index contributed by atoms with van der Waals surface area (Å²) < 4.78 is 23.3. The van der Waals surface area contributed by atoms with Gasteiger partial charge in [0.25, 0.3) is 5.91 Å². The first-order valence-corrected chi connectivity index (χ1v) is 7.15. The minimum absolute atomic E-state index is 0.0109. The van der Waals surface area contributed by atoms with Gasteiger partial charge in [-0.05, 0) is 25.0 Å². The Bertz CT molecular complexity index is 570. The number of carbonyl (C=O) groups is 2. The van der Waals surface area contributed by atoms with Crippen LogP contribution < -0.4 is 15.8 Å². The first-order valence-electron chi connectivity index (χ1n) is 6.77. The summed E-state index contributed by atoms with van der Waals surface area (Å²) in [6.07, 6.45) is 0.778. The number of nitrogens with two attached hydrogens (primary N) is 1. The monoisotopic (exact) mass is 330 g/mol. The first-order chi connectivity index (χ1) is 10.4. The molecule has 1 aromatic rings. The molecule has 8 heteroatoms. The van der Waals surface area contributed by atoms with Crippen molar-refractivity contribution in [3.8, 4) is 5.75 Å². The predicted octanol–water partition coefficient (Wildman–Crippen LogP) is 1.99. The van der Waals surface area contributed by atoms with Gasteiger partial charge in [-0.2, -0.15) is 0 Å². The number of rotatable bonds is 5. The molecule has 22 heavy (non-hydrogen) atoms. The molecule has 1 aliphatic rings. The molecule has 0 aromatic heterocycles. The molecule has 3 N–H and O–H groups in total. The summed E-state index contributed by atoms with van der Waals surface area (Å²) in [5, 5.41) is 2.75. The van der Waals surface area contributed by atoms with Crippen LogP contribution in [0.15, 0.2) is 18.2 Å². The zero-order chi connectivity index (χ0) is 16.1. The number of hydrogen-bond donors (Lipinski definition) is 2. The molecule has 2 atom stereocenters. The Morgan fingerprint density at radius 3 is 2.86 bits per heavy atom. The van der Waals surface area contributed by atoms with Gasteiger partial charge in [0.05, 0.1) is 5.02 Å². The van der Waals surface area contributed by atoms with Crippen molar-refractivity contribution in [3.05, 3.63) is 29.0 Å². The number of benzene rings is 1. The summed E-state index contributed by atoms with van der Waals surface area (Å²) in [5.41, 5.74) is 4.95. The van der Waals surface area contributed by atoms with Crippen LogP contribution >= 0.6 is 11.6 Å². The second-order valence-corrected chi connectivity index (χ2v) is 5.41. The Morgan fingerprint density at radius 1 is 1.41 bits per heavy atom. The molecule has 0 bridgehead atoms. The van der Waals surface area contributed by atoms with Crippen LogP contribution in [0.3, 0.4) is 0 Å². The van der Waals surface area contributed by atoms with Gasteiger partial charge in [0, 0.05) is 18.5 Å². The lowest BCUT2D eigenvalue weighted by molar-refractivity contribution is -0.123. The lowest BCUT2D eigenvalue weighted by Crippen LogP contribution is -2.37. The van der Waals surface area contributed by atoms with E-state index in [1.165, 1.54) is 12.1 Å². The van der Waals surface area contributed by atoms with Gasteiger partial charge >= 0.3 is 6.09 Å². The topological polar surface area (TPSA) is 90.7 Å². The van der Waals surface area contributed by atoms with Crippen LogP contribution in [0.25, 0.3) is 0 Å². The van der Waals surface area contributed by atoms with Crippen LogP contribution in [0.1, 0.15) is 19.3 Å². The van der Waals surface area contributed by atoms with E-state index in [1.807, 2.05) is 0 Å². The Balaban J connectivity index is 1.74. The second-order valence-electron chi connectivity index (χ2n) is 5.00.